The van der Waals surface area contributed by atoms with Crippen molar-refractivity contribution in [1.82, 2.24) is 0 Å². The third-order valence-electron chi connectivity index (χ3n) is 3.58. The summed E-state index contributed by atoms with van der Waals surface area (Å²) in [5.41, 5.74) is -0.346. The average Bonchev–Trinajstić information content (AvgIpc) is 2.37. The highest BCUT2D eigenvalue weighted by Gasteiger charge is 2.35. The van der Waals surface area contributed by atoms with E-state index in [1.54, 1.807) is 0 Å². The Bertz CT molecular complexity index is 497. The SMILES string of the molecule is CCC(CC)(Cc1ccc([N+](=O)[O-])cc1Cl)C(=O)O. The highest BCUT2D eigenvalue weighted by atomic mass is 35.5. The molecule has 0 atom stereocenters. The van der Waals surface area contributed by atoms with Crippen LogP contribution in [0.25, 0.3) is 0 Å². The van der Waals surface area contributed by atoms with Gasteiger partial charge in [-0.1, -0.05) is 31.5 Å². The number of nitro groups is 1. The first-order valence-corrected chi connectivity index (χ1v) is 6.40. The zero-order chi connectivity index (χ0) is 14.6. The van der Waals surface area contributed by atoms with Gasteiger partial charge in [0.15, 0.2) is 0 Å². The summed E-state index contributed by atoms with van der Waals surface area (Å²) >= 11 is 6.00. The summed E-state index contributed by atoms with van der Waals surface area (Å²) in [4.78, 5) is 21.5. The van der Waals surface area contributed by atoms with E-state index in [1.165, 1.54) is 18.2 Å². The molecule has 0 saturated heterocycles. The number of nitrogens with zero attached hydrogens (tertiary/aromatic N) is 1. The lowest BCUT2D eigenvalue weighted by Gasteiger charge is -2.27. The van der Waals surface area contributed by atoms with E-state index in [0.29, 0.717) is 18.4 Å². The van der Waals surface area contributed by atoms with Gasteiger partial charge >= 0.3 is 5.97 Å². The maximum absolute atomic E-state index is 11.4. The molecule has 1 aromatic rings. The van der Waals surface area contributed by atoms with E-state index in [0.717, 1.165) is 0 Å². The minimum absolute atomic E-state index is 0.0947. The molecule has 0 fully saturated rings. The number of non-ortho nitro benzene ring substituents is 1. The van der Waals surface area contributed by atoms with Gasteiger partial charge in [0.2, 0.25) is 0 Å². The Morgan fingerprint density at radius 1 is 1.42 bits per heavy atom. The van der Waals surface area contributed by atoms with Crippen LogP contribution < -0.4 is 0 Å². The molecular weight excluding hydrogens is 270 g/mol. The molecule has 0 aliphatic carbocycles. The largest absolute Gasteiger partial charge is 0.481 e. The molecule has 0 aromatic heterocycles. The Morgan fingerprint density at radius 2 is 2.00 bits per heavy atom. The summed E-state index contributed by atoms with van der Waals surface area (Å²) < 4.78 is 0. The van der Waals surface area contributed by atoms with Crippen LogP contribution in [0.1, 0.15) is 32.3 Å². The van der Waals surface area contributed by atoms with E-state index in [4.69, 9.17) is 11.6 Å². The van der Waals surface area contributed by atoms with Crippen molar-refractivity contribution in [3.63, 3.8) is 0 Å². The fourth-order valence-corrected chi connectivity index (χ4v) is 2.28. The van der Waals surface area contributed by atoms with Crippen molar-refractivity contribution in [2.24, 2.45) is 5.41 Å². The normalized spacial score (nSPS) is 11.3. The van der Waals surface area contributed by atoms with Crippen molar-refractivity contribution in [2.75, 3.05) is 0 Å². The Labute approximate surface area is 116 Å². The number of nitro benzene ring substituents is 1. The van der Waals surface area contributed by atoms with Crippen LogP contribution in [0, 0.1) is 15.5 Å². The fourth-order valence-electron chi connectivity index (χ4n) is 2.04. The highest BCUT2D eigenvalue weighted by molar-refractivity contribution is 6.31. The summed E-state index contributed by atoms with van der Waals surface area (Å²) in [6.07, 6.45) is 1.23. The van der Waals surface area contributed by atoms with Gasteiger partial charge in [-0.2, -0.15) is 0 Å². The zero-order valence-corrected chi connectivity index (χ0v) is 11.6. The number of carboxylic acids is 1. The second-order valence-electron chi connectivity index (χ2n) is 4.50. The second-order valence-corrected chi connectivity index (χ2v) is 4.91. The molecule has 0 aliphatic rings. The lowest BCUT2D eigenvalue weighted by Crippen LogP contribution is -2.32. The Kier molecular flexibility index (Phi) is 4.89. The summed E-state index contributed by atoms with van der Waals surface area (Å²) in [7, 11) is 0. The van der Waals surface area contributed by atoms with E-state index < -0.39 is 16.3 Å². The molecule has 0 aliphatic heterocycles. The summed E-state index contributed by atoms with van der Waals surface area (Å²) in [5.74, 6) is -0.869. The fraction of sp³-hybridized carbons (Fsp3) is 0.462. The lowest BCUT2D eigenvalue weighted by atomic mass is 9.77. The van der Waals surface area contributed by atoms with Crippen molar-refractivity contribution in [3.05, 3.63) is 38.9 Å². The number of hydrogen-bond donors (Lipinski definition) is 1. The molecule has 0 saturated carbocycles. The molecule has 0 amide bonds. The maximum atomic E-state index is 11.4. The summed E-state index contributed by atoms with van der Waals surface area (Å²) in [6, 6.07) is 4.14. The summed E-state index contributed by atoms with van der Waals surface area (Å²) in [6.45, 7) is 3.63. The van der Waals surface area contributed by atoms with Gasteiger partial charge in [0.05, 0.1) is 15.4 Å². The van der Waals surface area contributed by atoms with Gasteiger partial charge < -0.3 is 5.11 Å². The minimum Gasteiger partial charge on any atom is -0.481 e. The maximum Gasteiger partial charge on any atom is 0.309 e. The number of rotatable bonds is 6. The first-order chi connectivity index (χ1) is 8.86. The Balaban J connectivity index is 3.11. The molecule has 0 radical (unpaired) electrons. The molecule has 1 N–H and O–H groups in total. The van der Waals surface area contributed by atoms with Crippen LogP contribution in [0.3, 0.4) is 0 Å². The van der Waals surface area contributed by atoms with Crippen LogP contribution in [-0.2, 0) is 11.2 Å². The molecule has 0 spiro atoms. The van der Waals surface area contributed by atoms with Crippen LogP contribution in [0.2, 0.25) is 5.02 Å². The van der Waals surface area contributed by atoms with Crippen LogP contribution in [-0.4, -0.2) is 16.0 Å². The van der Waals surface area contributed by atoms with Crippen LogP contribution >= 0.6 is 11.6 Å². The molecule has 0 bridgehead atoms. The van der Waals surface area contributed by atoms with Gasteiger partial charge in [-0.15, -0.1) is 0 Å². The number of aliphatic carboxylic acids is 1. The molecule has 5 nitrogen and oxygen atoms in total. The molecular formula is C13H16ClNO4. The predicted molar refractivity (Wildman–Crippen MR) is 72.5 cm³/mol. The molecule has 0 unspecified atom stereocenters. The third kappa shape index (κ3) is 3.23. The van der Waals surface area contributed by atoms with Gasteiger partial charge in [-0.3, -0.25) is 14.9 Å². The quantitative estimate of drug-likeness (QED) is 0.638. The van der Waals surface area contributed by atoms with E-state index in [9.17, 15) is 20.0 Å². The van der Waals surface area contributed by atoms with Gasteiger partial charge in [0, 0.05) is 12.1 Å². The second kappa shape index (κ2) is 6.02. The summed E-state index contributed by atoms with van der Waals surface area (Å²) in [5, 5.41) is 20.2. The Morgan fingerprint density at radius 3 is 2.37 bits per heavy atom. The number of benzene rings is 1. The monoisotopic (exact) mass is 285 g/mol. The predicted octanol–water partition coefficient (Wildman–Crippen LogP) is 3.68. The number of halogens is 1. The Hall–Kier alpha value is -1.62. The first-order valence-electron chi connectivity index (χ1n) is 6.02. The van der Waals surface area contributed by atoms with Crippen molar-refractivity contribution < 1.29 is 14.8 Å². The van der Waals surface area contributed by atoms with Crippen molar-refractivity contribution in [2.45, 2.75) is 33.1 Å². The molecule has 104 valence electrons. The molecule has 1 aromatic carbocycles. The molecule has 19 heavy (non-hydrogen) atoms. The smallest absolute Gasteiger partial charge is 0.309 e. The number of hydrogen-bond acceptors (Lipinski definition) is 3. The van der Waals surface area contributed by atoms with Gasteiger partial charge in [-0.05, 0) is 24.8 Å². The van der Waals surface area contributed by atoms with E-state index in [1.807, 2.05) is 13.8 Å². The van der Waals surface area contributed by atoms with Crippen LogP contribution in [0.15, 0.2) is 18.2 Å². The van der Waals surface area contributed by atoms with Crippen LogP contribution in [0.5, 0.6) is 0 Å². The minimum atomic E-state index is -0.875. The lowest BCUT2D eigenvalue weighted by molar-refractivity contribution is -0.384. The molecule has 6 heteroatoms. The van der Waals surface area contributed by atoms with Crippen LogP contribution in [0.4, 0.5) is 5.69 Å². The van der Waals surface area contributed by atoms with Crippen molar-refractivity contribution in [3.8, 4) is 0 Å². The number of carbonyl (C=O) groups is 1. The molecule has 1 rings (SSSR count). The van der Waals surface area contributed by atoms with E-state index >= 15 is 0 Å². The van der Waals surface area contributed by atoms with Crippen molar-refractivity contribution in [1.29, 1.82) is 0 Å². The topological polar surface area (TPSA) is 80.4 Å². The van der Waals surface area contributed by atoms with Gasteiger partial charge in [-0.25, -0.2) is 0 Å². The number of carboxylic acid groups (broad SMARTS) is 1. The van der Waals surface area contributed by atoms with Gasteiger partial charge in [0.1, 0.15) is 0 Å². The highest BCUT2D eigenvalue weighted by Crippen LogP contribution is 2.34. The zero-order valence-electron chi connectivity index (χ0n) is 10.9. The standard InChI is InChI=1S/C13H16ClNO4/c1-3-13(4-2,12(16)17)8-9-5-6-10(15(18)19)7-11(9)14/h5-7H,3-4,8H2,1-2H3,(H,16,17). The van der Waals surface area contributed by atoms with Crippen molar-refractivity contribution >= 4 is 23.3 Å². The van der Waals surface area contributed by atoms with Gasteiger partial charge in [0.25, 0.3) is 5.69 Å². The first kappa shape index (κ1) is 15.4. The van der Waals surface area contributed by atoms with E-state index in [2.05, 4.69) is 0 Å². The average molecular weight is 286 g/mol. The molecule has 0 heterocycles. The van der Waals surface area contributed by atoms with E-state index in [-0.39, 0.29) is 17.1 Å². The third-order valence-corrected chi connectivity index (χ3v) is 3.94.